The molecule has 3 heteroatoms. The molecule has 0 heterocycles. The Balaban J connectivity index is 2.81. The molecule has 0 saturated carbocycles. The molecule has 0 aliphatic carbocycles. The zero-order valence-electron chi connectivity index (χ0n) is 14.0. The highest BCUT2D eigenvalue weighted by atomic mass is 79.9. The number of rotatable bonds is 7. The SMILES string of the molecule is C=CCN(Cc1ccc(CNC(C)C)cc1Br)C(C)(C)C. The minimum atomic E-state index is 0.130. The molecule has 0 aliphatic rings. The van der Waals surface area contributed by atoms with E-state index in [-0.39, 0.29) is 5.54 Å². The summed E-state index contributed by atoms with van der Waals surface area (Å²) in [6.45, 7) is 17.7. The first-order valence-electron chi connectivity index (χ1n) is 7.60. The summed E-state index contributed by atoms with van der Waals surface area (Å²) in [5.74, 6) is 0. The fourth-order valence-electron chi connectivity index (χ4n) is 2.09. The van der Waals surface area contributed by atoms with Crippen molar-refractivity contribution in [2.45, 2.75) is 59.3 Å². The van der Waals surface area contributed by atoms with Crippen molar-refractivity contribution < 1.29 is 0 Å². The van der Waals surface area contributed by atoms with Crippen LogP contribution in [0.25, 0.3) is 0 Å². The Hall–Kier alpha value is -0.640. The van der Waals surface area contributed by atoms with Crippen LogP contribution in [0.15, 0.2) is 35.3 Å². The second-order valence-corrected chi connectivity index (χ2v) is 7.66. The highest BCUT2D eigenvalue weighted by Crippen LogP contribution is 2.24. The first kappa shape index (κ1) is 18.4. The van der Waals surface area contributed by atoms with Crippen LogP contribution < -0.4 is 5.32 Å². The lowest BCUT2D eigenvalue weighted by molar-refractivity contribution is 0.145. The zero-order chi connectivity index (χ0) is 16.0. The molecule has 0 bridgehead atoms. The molecule has 0 aliphatic heterocycles. The van der Waals surface area contributed by atoms with Gasteiger partial charge in [-0.3, -0.25) is 4.90 Å². The second kappa shape index (κ2) is 8.11. The van der Waals surface area contributed by atoms with E-state index in [1.165, 1.54) is 15.6 Å². The molecule has 1 rings (SSSR count). The van der Waals surface area contributed by atoms with Crippen LogP contribution in [0.3, 0.4) is 0 Å². The van der Waals surface area contributed by atoms with Gasteiger partial charge in [-0.05, 0) is 38.0 Å². The van der Waals surface area contributed by atoms with E-state index in [1.54, 1.807) is 0 Å². The van der Waals surface area contributed by atoms with Crippen LogP contribution in [0.1, 0.15) is 45.7 Å². The summed E-state index contributed by atoms with van der Waals surface area (Å²) in [4.78, 5) is 2.42. The zero-order valence-corrected chi connectivity index (χ0v) is 15.6. The lowest BCUT2D eigenvalue weighted by Crippen LogP contribution is -2.40. The monoisotopic (exact) mass is 352 g/mol. The van der Waals surface area contributed by atoms with Crippen molar-refractivity contribution >= 4 is 15.9 Å². The van der Waals surface area contributed by atoms with Gasteiger partial charge in [-0.2, -0.15) is 0 Å². The van der Waals surface area contributed by atoms with Gasteiger partial charge in [0.25, 0.3) is 0 Å². The predicted molar refractivity (Wildman–Crippen MR) is 96.5 cm³/mol. The Bertz CT molecular complexity index is 461. The van der Waals surface area contributed by atoms with Crippen LogP contribution in [0.5, 0.6) is 0 Å². The molecule has 1 aromatic rings. The van der Waals surface area contributed by atoms with Crippen molar-refractivity contribution in [3.63, 3.8) is 0 Å². The Morgan fingerprint density at radius 3 is 2.48 bits per heavy atom. The molecule has 0 radical (unpaired) electrons. The van der Waals surface area contributed by atoms with Crippen molar-refractivity contribution in [3.8, 4) is 0 Å². The van der Waals surface area contributed by atoms with Crippen molar-refractivity contribution in [3.05, 3.63) is 46.5 Å². The van der Waals surface area contributed by atoms with Crippen molar-refractivity contribution in [1.82, 2.24) is 10.2 Å². The number of hydrogen-bond donors (Lipinski definition) is 1. The van der Waals surface area contributed by atoms with E-state index in [0.717, 1.165) is 19.6 Å². The average molecular weight is 353 g/mol. The standard InChI is InChI=1S/C18H29BrN2/c1-7-10-21(18(4,5)6)13-16-9-8-15(11-17(16)19)12-20-14(2)3/h7-9,11,14,20H,1,10,12-13H2,2-6H3. The molecule has 21 heavy (non-hydrogen) atoms. The van der Waals surface area contributed by atoms with Crippen LogP contribution in [-0.2, 0) is 13.1 Å². The second-order valence-electron chi connectivity index (χ2n) is 6.80. The normalized spacial score (nSPS) is 12.2. The molecular formula is C18H29BrN2. The number of nitrogens with one attached hydrogen (secondary N) is 1. The van der Waals surface area contributed by atoms with Crippen molar-refractivity contribution in [2.75, 3.05) is 6.54 Å². The molecule has 1 N–H and O–H groups in total. The summed E-state index contributed by atoms with van der Waals surface area (Å²) in [5.41, 5.74) is 2.76. The summed E-state index contributed by atoms with van der Waals surface area (Å²) >= 11 is 3.72. The quantitative estimate of drug-likeness (QED) is 0.713. The van der Waals surface area contributed by atoms with E-state index in [1.807, 2.05) is 6.08 Å². The Kier molecular flexibility index (Phi) is 7.11. The molecule has 118 valence electrons. The van der Waals surface area contributed by atoms with E-state index < -0.39 is 0 Å². The van der Waals surface area contributed by atoms with Gasteiger partial charge in [0.1, 0.15) is 0 Å². The van der Waals surface area contributed by atoms with E-state index in [2.05, 4.69) is 85.5 Å². The molecule has 0 spiro atoms. The lowest BCUT2D eigenvalue weighted by Gasteiger charge is -2.35. The summed E-state index contributed by atoms with van der Waals surface area (Å²) in [5, 5.41) is 3.45. The maximum Gasteiger partial charge on any atom is 0.0253 e. The highest BCUT2D eigenvalue weighted by molar-refractivity contribution is 9.10. The highest BCUT2D eigenvalue weighted by Gasteiger charge is 2.20. The number of halogens is 1. The van der Waals surface area contributed by atoms with Gasteiger partial charge in [0.05, 0.1) is 0 Å². The minimum absolute atomic E-state index is 0.130. The molecular weight excluding hydrogens is 324 g/mol. The minimum Gasteiger partial charge on any atom is -0.310 e. The molecule has 1 aromatic carbocycles. The van der Waals surface area contributed by atoms with E-state index in [9.17, 15) is 0 Å². The van der Waals surface area contributed by atoms with Gasteiger partial charge in [0, 0.05) is 35.7 Å². The fourth-order valence-corrected chi connectivity index (χ4v) is 2.64. The predicted octanol–water partition coefficient (Wildman–Crippen LogP) is 4.73. The smallest absolute Gasteiger partial charge is 0.0253 e. The topological polar surface area (TPSA) is 15.3 Å². The van der Waals surface area contributed by atoms with Gasteiger partial charge in [-0.15, -0.1) is 6.58 Å². The summed E-state index contributed by atoms with van der Waals surface area (Å²) in [7, 11) is 0. The maximum absolute atomic E-state index is 3.87. The first-order chi connectivity index (χ1) is 9.74. The van der Waals surface area contributed by atoms with Gasteiger partial charge in [-0.1, -0.05) is 48.0 Å². The Morgan fingerprint density at radius 2 is 2.00 bits per heavy atom. The fraction of sp³-hybridized carbons (Fsp3) is 0.556. The molecule has 0 unspecified atom stereocenters. The molecule has 0 atom stereocenters. The molecule has 2 nitrogen and oxygen atoms in total. The maximum atomic E-state index is 3.87. The van der Waals surface area contributed by atoms with Crippen molar-refractivity contribution in [1.29, 1.82) is 0 Å². The Morgan fingerprint density at radius 1 is 1.33 bits per heavy atom. The third-order valence-electron chi connectivity index (χ3n) is 3.49. The largest absolute Gasteiger partial charge is 0.310 e. The van der Waals surface area contributed by atoms with Crippen LogP contribution in [0, 0.1) is 0 Å². The Labute approximate surface area is 138 Å². The van der Waals surface area contributed by atoms with E-state index in [0.29, 0.717) is 6.04 Å². The van der Waals surface area contributed by atoms with Gasteiger partial charge in [-0.25, -0.2) is 0 Å². The molecule has 0 amide bonds. The average Bonchev–Trinajstić information content (AvgIpc) is 2.37. The van der Waals surface area contributed by atoms with Gasteiger partial charge in [0.15, 0.2) is 0 Å². The van der Waals surface area contributed by atoms with E-state index in [4.69, 9.17) is 0 Å². The number of nitrogens with zero attached hydrogens (tertiary/aromatic N) is 1. The molecule has 0 saturated heterocycles. The first-order valence-corrected chi connectivity index (χ1v) is 8.40. The van der Waals surface area contributed by atoms with Gasteiger partial charge in [0.2, 0.25) is 0 Å². The van der Waals surface area contributed by atoms with Crippen LogP contribution in [0.4, 0.5) is 0 Å². The third-order valence-corrected chi connectivity index (χ3v) is 4.23. The van der Waals surface area contributed by atoms with Gasteiger partial charge < -0.3 is 5.32 Å². The summed E-state index contributed by atoms with van der Waals surface area (Å²) in [6, 6.07) is 7.17. The number of hydrogen-bond acceptors (Lipinski definition) is 2. The number of benzene rings is 1. The lowest BCUT2D eigenvalue weighted by atomic mass is 10.0. The molecule has 0 aromatic heterocycles. The van der Waals surface area contributed by atoms with Crippen LogP contribution in [0.2, 0.25) is 0 Å². The van der Waals surface area contributed by atoms with Crippen molar-refractivity contribution in [2.24, 2.45) is 0 Å². The van der Waals surface area contributed by atoms with Gasteiger partial charge >= 0.3 is 0 Å². The summed E-state index contributed by atoms with van der Waals surface area (Å²) < 4.78 is 1.18. The van der Waals surface area contributed by atoms with Crippen LogP contribution >= 0.6 is 15.9 Å². The van der Waals surface area contributed by atoms with E-state index >= 15 is 0 Å². The van der Waals surface area contributed by atoms with Crippen LogP contribution in [-0.4, -0.2) is 23.0 Å². The summed E-state index contributed by atoms with van der Waals surface area (Å²) in [6.07, 6.45) is 1.97. The molecule has 0 fully saturated rings. The third kappa shape index (κ3) is 6.33.